The van der Waals surface area contributed by atoms with Gasteiger partial charge in [0.15, 0.2) is 37.7 Å². The van der Waals surface area contributed by atoms with Crippen LogP contribution >= 0.6 is 0 Å². The van der Waals surface area contributed by atoms with Crippen molar-refractivity contribution in [2.45, 2.75) is 191 Å². The van der Waals surface area contributed by atoms with Crippen LogP contribution in [0.5, 0.6) is 0 Å². The molecule has 1 aromatic rings. The largest absolute Gasteiger partial charge is 0.394 e. The van der Waals surface area contributed by atoms with E-state index in [1.54, 1.807) is 24.3 Å². The minimum absolute atomic E-state index is 0.296. The number of aliphatic hydroxyl groups is 17. The third-order valence-electron chi connectivity index (χ3n) is 14.4. The van der Waals surface area contributed by atoms with Crippen LogP contribution in [0.2, 0.25) is 0 Å². The molecule has 428 valence electrons. The first kappa shape index (κ1) is 58.9. The van der Waals surface area contributed by atoms with Crippen LogP contribution in [0.25, 0.3) is 6.08 Å². The molecular formula is C45H68O30. The standard InChI is InChI=1S/C45H68O30/c1-2-14-5-3-4-6-15(14)13-63-39-32(62)45-69-21(12-51)38(39)75-44-31(61)26(56)36(19(10-49)68-44)73-42-29(59)24(54)34(17(8-47)66-42)71-40-27(57)22(52)33(16(7-46)64-40)70-41-28(58)23(53)35(18(9-48)65-41)72-43-30(60)25(55)37(74-45)20(11-50)67-43/h2-6,16-62H,1,7-13H2/t16-,17-,18-,19-,20-,21-,22-,23-,24-,25-,26-,27-,28-,29-,30-,31-,32-,33-,34-,35-,36-,37-,38+,39-,40-,41-,42-,43-,44-,45-/m1/s1. The molecule has 22 aliphatic rings. The Morgan fingerprint density at radius 3 is 0.880 bits per heavy atom. The van der Waals surface area contributed by atoms with Crippen molar-refractivity contribution in [3.05, 3.63) is 42.0 Å². The van der Waals surface area contributed by atoms with Crippen molar-refractivity contribution in [1.82, 2.24) is 0 Å². The molecular weight excluding hydrogens is 1020 g/mol. The summed E-state index contributed by atoms with van der Waals surface area (Å²) >= 11 is 0. The second-order valence-corrected chi connectivity index (χ2v) is 19.0. The fourth-order valence-corrected chi connectivity index (χ4v) is 10.2. The second kappa shape index (κ2) is 25.5. The van der Waals surface area contributed by atoms with Crippen molar-refractivity contribution in [3.63, 3.8) is 0 Å². The molecule has 23 rings (SSSR count). The average molecular weight is 1090 g/mol. The summed E-state index contributed by atoms with van der Waals surface area (Å²) in [6.07, 6.45) is -56.1. The lowest BCUT2D eigenvalue weighted by Gasteiger charge is -2.51. The first-order valence-electron chi connectivity index (χ1n) is 24.2. The van der Waals surface area contributed by atoms with Crippen molar-refractivity contribution in [2.24, 2.45) is 0 Å². The summed E-state index contributed by atoms with van der Waals surface area (Å²) < 4.78 is 76.1. The fraction of sp³-hybridized carbons (Fsp3) is 0.822. The van der Waals surface area contributed by atoms with Gasteiger partial charge in [0.05, 0.1) is 46.2 Å². The highest BCUT2D eigenvalue weighted by atomic mass is 16.8. The lowest BCUT2D eigenvalue weighted by molar-refractivity contribution is -0.405. The van der Waals surface area contributed by atoms with Crippen molar-refractivity contribution < 1.29 is 148 Å². The van der Waals surface area contributed by atoms with Crippen molar-refractivity contribution in [1.29, 1.82) is 0 Å². The van der Waals surface area contributed by atoms with E-state index in [0.717, 1.165) is 0 Å². The van der Waals surface area contributed by atoms with Gasteiger partial charge < -0.3 is 148 Å². The van der Waals surface area contributed by atoms with Gasteiger partial charge in [0.2, 0.25) is 0 Å². The van der Waals surface area contributed by atoms with Gasteiger partial charge in [-0.05, 0) is 11.1 Å². The van der Waals surface area contributed by atoms with Crippen molar-refractivity contribution >= 4 is 6.08 Å². The van der Waals surface area contributed by atoms with Gasteiger partial charge in [-0.2, -0.15) is 0 Å². The number of rotatable bonds is 10. The molecule has 22 saturated heterocycles. The minimum atomic E-state index is -2.15. The Morgan fingerprint density at radius 1 is 0.347 bits per heavy atom. The number of ether oxygens (including phenoxy) is 13. The van der Waals surface area contributed by atoms with Crippen LogP contribution in [-0.2, 0) is 68.2 Å². The lowest BCUT2D eigenvalue weighted by Crippen LogP contribution is -2.69. The Kier molecular flexibility index (Phi) is 20.0. The number of hydrogen-bond donors (Lipinski definition) is 17. The van der Waals surface area contributed by atoms with Crippen LogP contribution in [0.1, 0.15) is 11.1 Å². The molecule has 22 heterocycles. The van der Waals surface area contributed by atoms with E-state index in [2.05, 4.69) is 6.58 Å². The molecule has 30 heteroatoms. The van der Waals surface area contributed by atoms with E-state index in [1.165, 1.54) is 6.08 Å². The Balaban J connectivity index is 1.13. The molecule has 0 radical (unpaired) electrons. The molecule has 0 aromatic heterocycles. The highest BCUT2D eigenvalue weighted by Gasteiger charge is 2.59. The van der Waals surface area contributed by atoms with Gasteiger partial charge in [-0.25, -0.2) is 0 Å². The van der Waals surface area contributed by atoms with Crippen LogP contribution in [0.3, 0.4) is 0 Å². The van der Waals surface area contributed by atoms with E-state index in [0.29, 0.717) is 11.1 Å². The first-order chi connectivity index (χ1) is 35.9. The third-order valence-corrected chi connectivity index (χ3v) is 14.4. The second-order valence-electron chi connectivity index (χ2n) is 19.0. The maximum absolute atomic E-state index is 12.0. The summed E-state index contributed by atoms with van der Waals surface area (Å²) in [5.41, 5.74) is 1.13. The lowest BCUT2D eigenvalue weighted by atomic mass is 9.94. The Bertz CT molecular complexity index is 1950. The number of benzene rings is 1. The molecule has 17 N–H and O–H groups in total. The predicted molar refractivity (Wildman–Crippen MR) is 235 cm³/mol. The third kappa shape index (κ3) is 11.8. The van der Waals surface area contributed by atoms with Gasteiger partial charge in [-0.15, -0.1) is 0 Å². The quantitative estimate of drug-likeness (QED) is 0.103. The van der Waals surface area contributed by atoms with E-state index >= 15 is 0 Å². The van der Waals surface area contributed by atoms with E-state index in [-0.39, 0.29) is 6.61 Å². The Hall–Kier alpha value is -2.24. The molecule has 0 spiro atoms. The molecule has 30 atom stereocenters. The van der Waals surface area contributed by atoms with Crippen LogP contribution in [0.4, 0.5) is 0 Å². The zero-order valence-electron chi connectivity index (χ0n) is 39.8. The van der Waals surface area contributed by atoms with Crippen LogP contribution < -0.4 is 0 Å². The molecule has 22 fully saturated rings. The Labute approximate surface area is 426 Å². The van der Waals surface area contributed by atoms with E-state index < -0.39 is 224 Å². The molecule has 30 nitrogen and oxygen atoms in total. The molecule has 22 aliphatic heterocycles. The molecule has 0 amide bonds. The highest BCUT2D eigenvalue weighted by molar-refractivity contribution is 5.51. The van der Waals surface area contributed by atoms with Crippen LogP contribution in [-0.4, -0.2) is 311 Å². The van der Waals surface area contributed by atoms with Crippen LogP contribution in [0, 0.1) is 0 Å². The van der Waals surface area contributed by atoms with Gasteiger partial charge in [0.1, 0.15) is 146 Å². The van der Waals surface area contributed by atoms with Crippen LogP contribution in [0.15, 0.2) is 30.8 Å². The summed E-state index contributed by atoms with van der Waals surface area (Å²) in [4.78, 5) is 0. The van der Waals surface area contributed by atoms with E-state index in [4.69, 9.17) is 61.6 Å². The van der Waals surface area contributed by atoms with Gasteiger partial charge in [-0.1, -0.05) is 36.9 Å². The smallest absolute Gasteiger partial charge is 0.187 e. The molecule has 0 aliphatic carbocycles. The summed E-state index contributed by atoms with van der Waals surface area (Å²) in [5, 5.41) is 189. The molecule has 0 saturated carbocycles. The SMILES string of the molecule is C=Cc1ccccc1CO[C@@H]1[C@@H](O)[C@H]2O[C@H]3[C@H](O)[C@@H](O)[C@@H](O[C@H]4[C@H](O)[C@@H](O)[C@@H](O[C@H]5[C@H](O)[C@@H](O)[C@@H](O[C@H]6[C@H](O)[C@@H](O)[C@@H](O[C@H]7[C@H](O)[C@@H](O)[C@@H](O[C@H]1[C@@H](CO)O2)O[C@@H]7CO)O[C@@H]6CO)O[C@@H]5CO)O[C@@H]4CO)O[C@@H]3CO. The zero-order chi connectivity index (χ0) is 54.2. The minimum Gasteiger partial charge on any atom is -0.394 e. The molecule has 1 aromatic carbocycles. The predicted octanol–water partition coefficient (Wildman–Crippen LogP) is -10.2. The Morgan fingerprint density at radius 2 is 0.600 bits per heavy atom. The summed E-state index contributed by atoms with van der Waals surface area (Å²) in [6, 6.07) is 6.78. The van der Waals surface area contributed by atoms with Gasteiger partial charge in [0, 0.05) is 0 Å². The van der Waals surface area contributed by atoms with Crippen molar-refractivity contribution in [3.8, 4) is 0 Å². The average Bonchev–Trinajstić information content (AvgIpc) is 3.41. The summed E-state index contributed by atoms with van der Waals surface area (Å²) in [6.45, 7) is -2.43. The molecule has 12 bridgehead atoms. The summed E-state index contributed by atoms with van der Waals surface area (Å²) in [7, 11) is 0. The number of hydrogen-bond acceptors (Lipinski definition) is 30. The maximum Gasteiger partial charge on any atom is 0.187 e. The van der Waals surface area contributed by atoms with Crippen molar-refractivity contribution in [2.75, 3.05) is 39.6 Å². The topological polar surface area (TPSA) is 464 Å². The zero-order valence-corrected chi connectivity index (χ0v) is 39.8. The molecule has 0 unspecified atom stereocenters. The van der Waals surface area contributed by atoms with E-state index in [1.807, 2.05) is 0 Å². The van der Waals surface area contributed by atoms with E-state index in [9.17, 15) is 86.8 Å². The molecule has 75 heavy (non-hydrogen) atoms. The number of aliphatic hydroxyl groups excluding tert-OH is 17. The highest BCUT2D eigenvalue weighted by Crippen LogP contribution is 2.39. The van der Waals surface area contributed by atoms with Gasteiger partial charge in [0.25, 0.3) is 0 Å². The maximum atomic E-state index is 12.0. The van der Waals surface area contributed by atoms with Gasteiger partial charge in [-0.3, -0.25) is 0 Å². The monoisotopic (exact) mass is 1090 g/mol. The summed E-state index contributed by atoms with van der Waals surface area (Å²) in [5.74, 6) is 0. The fourth-order valence-electron chi connectivity index (χ4n) is 10.2. The normalized spacial score (nSPS) is 50.0. The first-order valence-corrected chi connectivity index (χ1v) is 24.2. The van der Waals surface area contributed by atoms with Gasteiger partial charge >= 0.3 is 0 Å².